The van der Waals surface area contributed by atoms with Gasteiger partial charge in [0.1, 0.15) is 4.90 Å². The van der Waals surface area contributed by atoms with Crippen LogP contribution in [0.15, 0.2) is 64.7 Å². The first-order chi connectivity index (χ1) is 12.7. The maximum Gasteiger partial charge on any atom is 0.240 e. The SMILES string of the molecule is CC(O)c1cc(=O)c(O)cn1-c1cccc(-c2ccncc2S(N)(=O)=O)c1. The van der Waals surface area contributed by atoms with E-state index >= 15 is 0 Å². The molecule has 0 amide bonds. The Morgan fingerprint density at radius 1 is 1.22 bits per heavy atom. The standard InChI is InChI=1S/C18H17N3O5S/c1-11(22)15-8-16(23)17(24)10-21(15)13-4-2-3-12(7-13)14-5-6-20-9-18(14)27(19,25)26/h2-11,22,24H,1H3,(H2,19,25,26). The molecule has 2 heterocycles. The summed E-state index contributed by atoms with van der Waals surface area (Å²) in [6.07, 6.45) is 2.85. The van der Waals surface area contributed by atoms with Crippen LogP contribution in [0.2, 0.25) is 0 Å². The maximum absolute atomic E-state index is 11.8. The van der Waals surface area contributed by atoms with Crippen LogP contribution in [0.4, 0.5) is 0 Å². The number of aliphatic hydroxyl groups is 1. The molecule has 1 atom stereocenters. The largest absolute Gasteiger partial charge is 0.503 e. The molecule has 0 fully saturated rings. The molecule has 4 N–H and O–H groups in total. The highest BCUT2D eigenvalue weighted by Gasteiger charge is 2.17. The smallest absolute Gasteiger partial charge is 0.240 e. The molecular formula is C18H17N3O5S. The average molecular weight is 387 g/mol. The molecular weight excluding hydrogens is 370 g/mol. The second-order valence-electron chi connectivity index (χ2n) is 5.96. The van der Waals surface area contributed by atoms with Crippen LogP contribution in [0.1, 0.15) is 18.7 Å². The van der Waals surface area contributed by atoms with Gasteiger partial charge in [-0.25, -0.2) is 13.6 Å². The molecule has 1 aromatic carbocycles. The van der Waals surface area contributed by atoms with Crippen LogP contribution in [0.5, 0.6) is 5.75 Å². The number of rotatable bonds is 4. The molecule has 0 aliphatic rings. The van der Waals surface area contributed by atoms with Gasteiger partial charge in [0, 0.05) is 29.7 Å². The van der Waals surface area contributed by atoms with Gasteiger partial charge in [0.2, 0.25) is 15.5 Å². The molecule has 0 aliphatic carbocycles. The molecule has 3 aromatic rings. The van der Waals surface area contributed by atoms with Crippen LogP contribution in [-0.2, 0) is 10.0 Å². The van der Waals surface area contributed by atoms with Crippen LogP contribution in [0.3, 0.4) is 0 Å². The number of primary sulfonamides is 1. The summed E-state index contributed by atoms with van der Waals surface area (Å²) in [5, 5.41) is 25.0. The van der Waals surface area contributed by atoms with Gasteiger partial charge >= 0.3 is 0 Å². The number of aromatic nitrogens is 2. The summed E-state index contributed by atoms with van der Waals surface area (Å²) in [4.78, 5) is 15.4. The minimum Gasteiger partial charge on any atom is -0.503 e. The maximum atomic E-state index is 11.8. The molecule has 3 rings (SSSR count). The third-order valence-corrected chi connectivity index (χ3v) is 4.95. The van der Waals surface area contributed by atoms with Gasteiger partial charge in [-0.05, 0) is 30.7 Å². The van der Waals surface area contributed by atoms with Crippen molar-refractivity contribution in [2.24, 2.45) is 5.14 Å². The van der Waals surface area contributed by atoms with E-state index in [0.29, 0.717) is 16.8 Å². The molecule has 1 unspecified atom stereocenters. The van der Waals surface area contributed by atoms with E-state index < -0.39 is 27.3 Å². The number of hydrogen-bond donors (Lipinski definition) is 3. The molecule has 0 saturated heterocycles. The zero-order valence-electron chi connectivity index (χ0n) is 14.3. The quantitative estimate of drug-likeness (QED) is 0.617. The lowest BCUT2D eigenvalue weighted by molar-refractivity contribution is 0.191. The van der Waals surface area contributed by atoms with Gasteiger partial charge in [-0.3, -0.25) is 9.78 Å². The van der Waals surface area contributed by atoms with Gasteiger partial charge in [0.05, 0.1) is 18.0 Å². The van der Waals surface area contributed by atoms with Crippen molar-refractivity contribution in [1.82, 2.24) is 9.55 Å². The lowest BCUT2D eigenvalue weighted by Gasteiger charge is -2.17. The first kappa shape index (κ1) is 18.8. The Bertz CT molecular complexity index is 1170. The minimum atomic E-state index is -3.98. The Hall–Kier alpha value is -3.01. The van der Waals surface area contributed by atoms with E-state index in [0.717, 1.165) is 6.07 Å². The van der Waals surface area contributed by atoms with E-state index in [1.54, 1.807) is 24.3 Å². The van der Waals surface area contributed by atoms with Crippen molar-refractivity contribution in [3.8, 4) is 22.6 Å². The van der Waals surface area contributed by atoms with Gasteiger partial charge in [0.15, 0.2) is 5.75 Å². The second-order valence-corrected chi connectivity index (χ2v) is 7.49. The highest BCUT2D eigenvalue weighted by molar-refractivity contribution is 7.89. The number of aliphatic hydroxyl groups excluding tert-OH is 1. The van der Waals surface area contributed by atoms with E-state index in [1.165, 1.54) is 36.1 Å². The molecule has 0 spiro atoms. The number of pyridine rings is 2. The minimum absolute atomic E-state index is 0.124. The van der Waals surface area contributed by atoms with Crippen LogP contribution >= 0.6 is 0 Å². The summed E-state index contributed by atoms with van der Waals surface area (Å²) in [5.41, 5.74) is 1.07. The van der Waals surface area contributed by atoms with Gasteiger partial charge in [0.25, 0.3) is 0 Å². The van der Waals surface area contributed by atoms with E-state index in [4.69, 9.17) is 5.14 Å². The molecule has 0 radical (unpaired) electrons. The van der Waals surface area contributed by atoms with Gasteiger partial charge in [-0.1, -0.05) is 12.1 Å². The molecule has 0 saturated carbocycles. The lowest BCUT2D eigenvalue weighted by atomic mass is 10.1. The van der Waals surface area contributed by atoms with Crippen molar-refractivity contribution < 1.29 is 18.6 Å². The van der Waals surface area contributed by atoms with Crippen LogP contribution in [-0.4, -0.2) is 28.2 Å². The monoisotopic (exact) mass is 387 g/mol. The van der Waals surface area contributed by atoms with Crippen molar-refractivity contribution in [2.75, 3.05) is 0 Å². The third kappa shape index (κ3) is 3.75. The predicted octanol–water partition coefficient (Wildman–Crippen LogP) is 1.31. The summed E-state index contributed by atoms with van der Waals surface area (Å²) in [7, 11) is -3.98. The fourth-order valence-electron chi connectivity index (χ4n) is 2.75. The Balaban J connectivity index is 2.23. The van der Waals surface area contributed by atoms with Crippen molar-refractivity contribution >= 4 is 10.0 Å². The Morgan fingerprint density at radius 3 is 2.63 bits per heavy atom. The fourth-order valence-corrected chi connectivity index (χ4v) is 3.45. The summed E-state index contributed by atoms with van der Waals surface area (Å²) in [6, 6.07) is 9.39. The second kappa shape index (κ2) is 6.95. The average Bonchev–Trinajstić information content (AvgIpc) is 2.63. The molecule has 2 aromatic heterocycles. The van der Waals surface area contributed by atoms with E-state index in [-0.39, 0.29) is 10.6 Å². The molecule has 27 heavy (non-hydrogen) atoms. The van der Waals surface area contributed by atoms with Gasteiger partial charge in [-0.2, -0.15) is 0 Å². The normalized spacial score (nSPS) is 12.7. The van der Waals surface area contributed by atoms with Crippen molar-refractivity contribution in [3.05, 3.63) is 70.9 Å². The van der Waals surface area contributed by atoms with Crippen molar-refractivity contribution in [2.45, 2.75) is 17.9 Å². The van der Waals surface area contributed by atoms with E-state index in [1.807, 2.05) is 0 Å². The molecule has 9 heteroatoms. The van der Waals surface area contributed by atoms with E-state index in [9.17, 15) is 23.4 Å². The highest BCUT2D eigenvalue weighted by atomic mass is 32.2. The topological polar surface area (TPSA) is 136 Å². The number of aromatic hydroxyl groups is 1. The zero-order valence-corrected chi connectivity index (χ0v) is 15.1. The number of benzene rings is 1. The molecule has 140 valence electrons. The van der Waals surface area contributed by atoms with Gasteiger partial charge < -0.3 is 14.8 Å². The lowest BCUT2D eigenvalue weighted by Crippen LogP contribution is -2.14. The zero-order chi connectivity index (χ0) is 19.8. The molecule has 8 nitrogen and oxygen atoms in total. The van der Waals surface area contributed by atoms with Crippen molar-refractivity contribution in [1.29, 1.82) is 0 Å². The van der Waals surface area contributed by atoms with Crippen molar-refractivity contribution in [3.63, 3.8) is 0 Å². The Labute approximate surface area is 155 Å². The fraction of sp³-hybridized carbons (Fsp3) is 0.111. The Kier molecular flexibility index (Phi) is 4.83. The van der Waals surface area contributed by atoms with Crippen LogP contribution in [0, 0.1) is 0 Å². The number of sulfonamides is 1. The van der Waals surface area contributed by atoms with Crippen LogP contribution in [0.25, 0.3) is 16.8 Å². The third-order valence-electron chi connectivity index (χ3n) is 4.02. The number of nitrogens with two attached hydrogens (primary N) is 1. The Morgan fingerprint density at radius 2 is 1.96 bits per heavy atom. The summed E-state index contributed by atoms with van der Waals surface area (Å²) >= 11 is 0. The summed E-state index contributed by atoms with van der Waals surface area (Å²) in [5.74, 6) is -0.473. The number of nitrogens with zero attached hydrogens (tertiary/aromatic N) is 2. The summed E-state index contributed by atoms with van der Waals surface area (Å²) < 4.78 is 25.1. The van der Waals surface area contributed by atoms with Crippen LogP contribution < -0.4 is 10.6 Å². The summed E-state index contributed by atoms with van der Waals surface area (Å²) in [6.45, 7) is 1.49. The first-order valence-corrected chi connectivity index (χ1v) is 9.44. The molecule has 0 bridgehead atoms. The first-order valence-electron chi connectivity index (χ1n) is 7.90. The van der Waals surface area contributed by atoms with Gasteiger partial charge in [-0.15, -0.1) is 0 Å². The highest BCUT2D eigenvalue weighted by Crippen LogP contribution is 2.28. The molecule has 0 aliphatic heterocycles. The van der Waals surface area contributed by atoms with E-state index in [2.05, 4.69) is 4.98 Å². The predicted molar refractivity (Wildman–Crippen MR) is 98.9 cm³/mol. The number of hydrogen-bond acceptors (Lipinski definition) is 6.